The van der Waals surface area contributed by atoms with Crippen LogP contribution in [0.15, 0.2) is 60.8 Å². The zero-order valence-electron chi connectivity index (χ0n) is 17.4. The van der Waals surface area contributed by atoms with E-state index in [4.69, 9.17) is 16.3 Å². The molecule has 0 unspecified atom stereocenters. The van der Waals surface area contributed by atoms with Crippen molar-refractivity contribution >= 4 is 29.3 Å². The predicted octanol–water partition coefficient (Wildman–Crippen LogP) is 3.98. The van der Waals surface area contributed by atoms with E-state index < -0.39 is 28.6 Å². The number of nitrogens with one attached hydrogen (secondary N) is 3. The zero-order chi connectivity index (χ0) is 24.9. The smallest absolute Gasteiger partial charge is 0.417 e. The van der Waals surface area contributed by atoms with E-state index in [9.17, 15) is 27.6 Å². The van der Waals surface area contributed by atoms with Crippen molar-refractivity contribution in [2.45, 2.75) is 6.18 Å². The third kappa shape index (κ3) is 6.01. The van der Waals surface area contributed by atoms with Crippen LogP contribution in [0.2, 0.25) is 5.02 Å². The van der Waals surface area contributed by atoms with Crippen LogP contribution in [0.5, 0.6) is 11.5 Å². The molecule has 0 bridgehead atoms. The summed E-state index contributed by atoms with van der Waals surface area (Å²) in [7, 11) is 1.47. The van der Waals surface area contributed by atoms with Crippen LogP contribution in [0.25, 0.3) is 0 Å². The van der Waals surface area contributed by atoms with Crippen molar-refractivity contribution in [3.8, 4) is 11.5 Å². The van der Waals surface area contributed by atoms with E-state index in [0.717, 1.165) is 12.1 Å². The summed E-state index contributed by atoms with van der Waals surface area (Å²) in [5.41, 5.74) is 2.96. The first-order valence-corrected chi connectivity index (χ1v) is 9.90. The van der Waals surface area contributed by atoms with Gasteiger partial charge in [0.1, 0.15) is 17.2 Å². The second-order valence-electron chi connectivity index (χ2n) is 6.68. The van der Waals surface area contributed by atoms with Crippen LogP contribution in [-0.4, -0.2) is 29.8 Å². The number of pyridine rings is 1. The maximum absolute atomic E-state index is 13.0. The van der Waals surface area contributed by atoms with Gasteiger partial charge in [0.25, 0.3) is 17.7 Å². The highest BCUT2D eigenvalue weighted by Gasteiger charge is 2.33. The molecule has 2 aromatic carbocycles. The number of rotatable bonds is 5. The van der Waals surface area contributed by atoms with E-state index in [-0.39, 0.29) is 22.7 Å². The lowest BCUT2D eigenvalue weighted by Gasteiger charge is -2.12. The second-order valence-corrected chi connectivity index (χ2v) is 7.09. The summed E-state index contributed by atoms with van der Waals surface area (Å²) in [4.78, 5) is 40.0. The first-order valence-electron chi connectivity index (χ1n) is 9.52. The molecule has 0 saturated heterocycles. The Hall–Kier alpha value is -4.12. The SMILES string of the molecule is CNC(=O)c1cc(Oc2ccc(C(=O)NNC(=O)c3ccc(Cl)c(C(F)(F)F)c3)cc2)ccn1. The molecule has 34 heavy (non-hydrogen) atoms. The van der Waals surface area contributed by atoms with Crippen LogP contribution in [0, 0.1) is 0 Å². The molecule has 0 spiro atoms. The molecular weight excluding hydrogens is 477 g/mol. The van der Waals surface area contributed by atoms with Gasteiger partial charge in [-0.1, -0.05) is 11.6 Å². The minimum atomic E-state index is -4.74. The molecule has 3 aromatic rings. The Morgan fingerprint density at radius 3 is 2.09 bits per heavy atom. The van der Waals surface area contributed by atoms with Crippen LogP contribution in [0.3, 0.4) is 0 Å². The summed E-state index contributed by atoms with van der Waals surface area (Å²) < 4.78 is 44.5. The molecule has 0 aliphatic heterocycles. The monoisotopic (exact) mass is 492 g/mol. The standard InChI is InChI=1S/C22H16ClF3N4O4/c1-27-21(33)18-11-15(8-9-28-18)34-14-5-2-12(3-6-14)19(31)29-30-20(32)13-4-7-17(23)16(10-13)22(24,25)26/h2-11H,1H3,(H,27,33)(H,29,31)(H,30,32). The molecule has 3 N–H and O–H groups in total. The van der Waals surface area contributed by atoms with Gasteiger partial charge in [0.05, 0.1) is 10.6 Å². The van der Waals surface area contributed by atoms with E-state index in [1.165, 1.54) is 43.6 Å². The Morgan fingerprint density at radius 2 is 1.47 bits per heavy atom. The molecule has 0 radical (unpaired) electrons. The Morgan fingerprint density at radius 1 is 0.853 bits per heavy atom. The lowest BCUT2D eigenvalue weighted by molar-refractivity contribution is -0.137. The second kappa shape index (κ2) is 10.2. The zero-order valence-corrected chi connectivity index (χ0v) is 18.1. The van der Waals surface area contributed by atoms with Gasteiger partial charge in [-0.3, -0.25) is 30.2 Å². The van der Waals surface area contributed by atoms with Gasteiger partial charge in [-0.2, -0.15) is 13.2 Å². The number of alkyl halides is 3. The van der Waals surface area contributed by atoms with Gasteiger partial charge < -0.3 is 10.1 Å². The molecule has 0 fully saturated rings. The lowest BCUT2D eigenvalue weighted by atomic mass is 10.1. The van der Waals surface area contributed by atoms with E-state index in [1.54, 1.807) is 6.07 Å². The molecule has 0 atom stereocenters. The number of ether oxygens (including phenoxy) is 1. The van der Waals surface area contributed by atoms with Gasteiger partial charge in [-0.05, 0) is 48.5 Å². The minimum Gasteiger partial charge on any atom is -0.457 e. The normalized spacial score (nSPS) is 10.9. The largest absolute Gasteiger partial charge is 0.457 e. The van der Waals surface area contributed by atoms with Gasteiger partial charge in [0.15, 0.2) is 0 Å². The number of halogens is 4. The molecule has 0 aliphatic rings. The van der Waals surface area contributed by atoms with Crippen molar-refractivity contribution in [1.82, 2.24) is 21.2 Å². The highest BCUT2D eigenvalue weighted by Crippen LogP contribution is 2.35. The number of carbonyl (C=O) groups excluding carboxylic acids is 3. The van der Waals surface area contributed by atoms with Crippen molar-refractivity contribution in [2.24, 2.45) is 0 Å². The van der Waals surface area contributed by atoms with E-state index in [2.05, 4.69) is 15.7 Å². The van der Waals surface area contributed by atoms with Crippen molar-refractivity contribution in [3.63, 3.8) is 0 Å². The van der Waals surface area contributed by atoms with E-state index in [0.29, 0.717) is 17.6 Å². The number of hydrogen-bond acceptors (Lipinski definition) is 5. The number of nitrogens with zero attached hydrogens (tertiary/aromatic N) is 1. The fourth-order valence-electron chi connectivity index (χ4n) is 2.68. The molecule has 3 amide bonds. The molecular formula is C22H16ClF3N4O4. The average Bonchev–Trinajstić information content (AvgIpc) is 2.82. The van der Waals surface area contributed by atoms with Gasteiger partial charge in [-0.15, -0.1) is 0 Å². The van der Waals surface area contributed by atoms with E-state index in [1.807, 2.05) is 5.43 Å². The topological polar surface area (TPSA) is 109 Å². The van der Waals surface area contributed by atoms with Gasteiger partial charge >= 0.3 is 6.18 Å². The van der Waals surface area contributed by atoms with E-state index >= 15 is 0 Å². The van der Waals surface area contributed by atoms with Crippen LogP contribution in [0.1, 0.15) is 36.8 Å². The fraction of sp³-hybridized carbons (Fsp3) is 0.0909. The third-order valence-corrected chi connectivity index (χ3v) is 4.70. The molecule has 1 aromatic heterocycles. The summed E-state index contributed by atoms with van der Waals surface area (Å²) in [5.74, 6) is -1.35. The lowest BCUT2D eigenvalue weighted by Crippen LogP contribution is -2.41. The first kappa shape index (κ1) is 24.5. The van der Waals surface area contributed by atoms with Crippen molar-refractivity contribution in [2.75, 3.05) is 7.05 Å². The van der Waals surface area contributed by atoms with Crippen LogP contribution < -0.4 is 20.9 Å². The van der Waals surface area contributed by atoms with Gasteiger partial charge in [0.2, 0.25) is 0 Å². The quantitative estimate of drug-likeness (QED) is 0.467. The summed E-state index contributed by atoms with van der Waals surface area (Å²) in [6.07, 6.45) is -3.33. The Labute approximate surface area is 196 Å². The van der Waals surface area contributed by atoms with Gasteiger partial charge in [0, 0.05) is 30.4 Å². The Kier molecular flexibility index (Phi) is 7.37. The van der Waals surface area contributed by atoms with Crippen LogP contribution >= 0.6 is 11.6 Å². The highest BCUT2D eigenvalue weighted by molar-refractivity contribution is 6.31. The molecule has 12 heteroatoms. The molecule has 0 aliphatic carbocycles. The molecule has 0 saturated carbocycles. The molecule has 3 rings (SSSR count). The first-order chi connectivity index (χ1) is 16.1. The Bertz CT molecular complexity index is 1230. The molecule has 176 valence electrons. The number of amides is 3. The number of benzene rings is 2. The summed E-state index contributed by atoms with van der Waals surface area (Å²) >= 11 is 5.53. The number of carbonyl (C=O) groups is 3. The van der Waals surface area contributed by atoms with Crippen molar-refractivity contribution in [3.05, 3.63) is 88.2 Å². The summed E-state index contributed by atoms with van der Waals surface area (Å²) in [5, 5.41) is 1.90. The number of hydrazine groups is 1. The van der Waals surface area contributed by atoms with Crippen molar-refractivity contribution in [1.29, 1.82) is 0 Å². The van der Waals surface area contributed by atoms with Crippen molar-refractivity contribution < 1.29 is 32.3 Å². The van der Waals surface area contributed by atoms with Crippen LogP contribution in [0.4, 0.5) is 13.2 Å². The Balaban J connectivity index is 1.61. The predicted molar refractivity (Wildman–Crippen MR) is 116 cm³/mol. The average molecular weight is 493 g/mol. The summed E-state index contributed by atoms with van der Waals surface area (Å²) in [6.45, 7) is 0. The third-order valence-electron chi connectivity index (χ3n) is 4.37. The number of hydrogen-bond donors (Lipinski definition) is 3. The molecule has 1 heterocycles. The highest BCUT2D eigenvalue weighted by atomic mass is 35.5. The maximum Gasteiger partial charge on any atom is 0.417 e. The van der Waals surface area contributed by atoms with Crippen LogP contribution in [-0.2, 0) is 6.18 Å². The summed E-state index contributed by atoms with van der Waals surface area (Å²) in [6, 6.07) is 11.4. The number of aromatic nitrogens is 1. The minimum absolute atomic E-state index is 0.139. The van der Waals surface area contributed by atoms with Gasteiger partial charge in [-0.25, -0.2) is 0 Å². The molecule has 8 nitrogen and oxygen atoms in total. The fourth-order valence-corrected chi connectivity index (χ4v) is 2.90. The maximum atomic E-state index is 13.0.